The average molecular weight is 384 g/mol. The van der Waals surface area contributed by atoms with E-state index in [9.17, 15) is 9.90 Å². The second-order valence-electron chi connectivity index (χ2n) is 6.42. The van der Waals surface area contributed by atoms with Crippen molar-refractivity contribution in [2.45, 2.75) is 13.0 Å². The fraction of sp³-hybridized carbons (Fsp3) is 0.300. The van der Waals surface area contributed by atoms with Crippen molar-refractivity contribution in [2.24, 2.45) is 0 Å². The molecule has 3 aromatic rings. The molecular formula is C20H20N2O4S. The van der Waals surface area contributed by atoms with Gasteiger partial charge in [-0.1, -0.05) is 12.1 Å². The number of ether oxygens (including phenoxy) is 2. The van der Waals surface area contributed by atoms with Gasteiger partial charge in [0.15, 0.2) is 11.5 Å². The number of para-hydroxylation sites is 1. The summed E-state index contributed by atoms with van der Waals surface area (Å²) < 4.78 is 11.6. The normalized spacial score (nSPS) is 14.4. The number of aromatic hydroxyl groups is 1. The summed E-state index contributed by atoms with van der Waals surface area (Å²) in [6.45, 7) is 2.32. The highest BCUT2D eigenvalue weighted by molar-refractivity contribution is 7.21. The van der Waals surface area contributed by atoms with Crippen LogP contribution in [0.15, 0.2) is 36.4 Å². The van der Waals surface area contributed by atoms with E-state index < -0.39 is 0 Å². The number of fused-ring (bicyclic) bond motifs is 2. The third kappa shape index (κ3) is 3.74. The largest absolute Gasteiger partial charge is 0.504 e. The third-order valence-electron chi connectivity index (χ3n) is 4.59. The van der Waals surface area contributed by atoms with Crippen molar-refractivity contribution < 1.29 is 19.4 Å². The number of carbonyl (C=O) groups excluding carboxylic acids is 1. The average Bonchev–Trinajstić information content (AvgIpc) is 3.00. The standard InChI is InChI=1S/C20H20N2O4S/c1-25-18(24)6-7-22-8-9-26-19-14(12-22)10-13(11-16(19)23)20-21-15-4-2-3-5-17(15)27-20/h2-5,10-11,23H,6-9,12H2,1H3. The van der Waals surface area contributed by atoms with Gasteiger partial charge in [-0.15, -0.1) is 11.3 Å². The van der Waals surface area contributed by atoms with Gasteiger partial charge in [0.25, 0.3) is 0 Å². The highest BCUT2D eigenvalue weighted by atomic mass is 32.1. The topological polar surface area (TPSA) is 71.9 Å². The van der Waals surface area contributed by atoms with Crippen LogP contribution < -0.4 is 4.74 Å². The van der Waals surface area contributed by atoms with Crippen molar-refractivity contribution in [3.63, 3.8) is 0 Å². The summed E-state index contributed by atoms with van der Waals surface area (Å²) in [5.74, 6) is 0.406. The molecule has 0 bridgehead atoms. The van der Waals surface area contributed by atoms with Crippen LogP contribution in [0.5, 0.6) is 11.5 Å². The number of aromatic nitrogens is 1. The molecule has 1 aliphatic rings. The molecule has 0 atom stereocenters. The number of nitrogens with zero attached hydrogens (tertiary/aromatic N) is 2. The van der Waals surface area contributed by atoms with Gasteiger partial charge in [0.05, 0.1) is 23.7 Å². The number of phenols is 1. The van der Waals surface area contributed by atoms with Crippen LogP contribution in [0.3, 0.4) is 0 Å². The molecule has 2 aromatic carbocycles. The summed E-state index contributed by atoms with van der Waals surface area (Å²) in [7, 11) is 1.39. The molecule has 4 rings (SSSR count). The number of hydrogen-bond acceptors (Lipinski definition) is 7. The molecule has 0 unspecified atom stereocenters. The van der Waals surface area contributed by atoms with Crippen LogP contribution in [0, 0.1) is 0 Å². The molecule has 0 saturated carbocycles. The lowest BCUT2D eigenvalue weighted by atomic mass is 10.1. The summed E-state index contributed by atoms with van der Waals surface area (Å²) >= 11 is 1.60. The van der Waals surface area contributed by atoms with E-state index >= 15 is 0 Å². The summed E-state index contributed by atoms with van der Waals surface area (Å²) in [4.78, 5) is 18.2. The highest BCUT2D eigenvalue weighted by Gasteiger charge is 2.21. The molecule has 140 valence electrons. The Morgan fingerprint density at radius 3 is 3.04 bits per heavy atom. The van der Waals surface area contributed by atoms with E-state index in [0.717, 1.165) is 26.4 Å². The van der Waals surface area contributed by atoms with Gasteiger partial charge in [0, 0.05) is 30.8 Å². The molecule has 1 aliphatic heterocycles. The zero-order valence-electron chi connectivity index (χ0n) is 15.0. The Morgan fingerprint density at radius 1 is 1.37 bits per heavy atom. The Labute approximate surface area is 161 Å². The zero-order chi connectivity index (χ0) is 18.8. The third-order valence-corrected chi connectivity index (χ3v) is 5.68. The van der Waals surface area contributed by atoms with E-state index in [-0.39, 0.29) is 11.7 Å². The van der Waals surface area contributed by atoms with Crippen molar-refractivity contribution in [1.29, 1.82) is 0 Å². The van der Waals surface area contributed by atoms with E-state index in [1.54, 1.807) is 17.4 Å². The quantitative estimate of drug-likeness (QED) is 0.695. The zero-order valence-corrected chi connectivity index (χ0v) is 15.8. The Balaban J connectivity index is 1.64. The molecule has 0 aliphatic carbocycles. The molecule has 7 heteroatoms. The van der Waals surface area contributed by atoms with Gasteiger partial charge in [0.1, 0.15) is 11.6 Å². The lowest BCUT2D eigenvalue weighted by molar-refractivity contribution is -0.141. The van der Waals surface area contributed by atoms with E-state index in [0.29, 0.717) is 38.4 Å². The van der Waals surface area contributed by atoms with Crippen molar-refractivity contribution >= 4 is 27.5 Å². The minimum atomic E-state index is -0.230. The number of hydrogen-bond donors (Lipinski definition) is 1. The van der Waals surface area contributed by atoms with Crippen molar-refractivity contribution in [3.05, 3.63) is 42.0 Å². The van der Waals surface area contributed by atoms with Crippen LogP contribution >= 0.6 is 11.3 Å². The van der Waals surface area contributed by atoms with E-state index in [1.165, 1.54) is 7.11 Å². The smallest absolute Gasteiger partial charge is 0.306 e. The second-order valence-corrected chi connectivity index (χ2v) is 7.45. The number of benzene rings is 2. The first-order chi connectivity index (χ1) is 13.1. The molecule has 0 amide bonds. The van der Waals surface area contributed by atoms with Gasteiger partial charge in [0.2, 0.25) is 0 Å². The molecule has 2 heterocycles. The van der Waals surface area contributed by atoms with Crippen LogP contribution in [0.4, 0.5) is 0 Å². The number of thiazole rings is 1. The fourth-order valence-electron chi connectivity index (χ4n) is 3.21. The van der Waals surface area contributed by atoms with Crippen LogP contribution in [0.2, 0.25) is 0 Å². The maximum absolute atomic E-state index is 11.4. The molecule has 0 radical (unpaired) electrons. The van der Waals surface area contributed by atoms with Crippen LogP contribution in [-0.4, -0.2) is 47.8 Å². The van der Waals surface area contributed by atoms with E-state index in [1.807, 2.05) is 30.3 Å². The number of methoxy groups -OCH3 is 1. The molecule has 0 saturated heterocycles. The predicted octanol–water partition coefficient (Wildman–Crippen LogP) is 3.43. The molecule has 1 N–H and O–H groups in total. The summed E-state index contributed by atoms with van der Waals surface area (Å²) in [5, 5.41) is 11.4. The maximum atomic E-state index is 11.4. The number of rotatable bonds is 4. The Bertz CT molecular complexity index is 952. The maximum Gasteiger partial charge on any atom is 0.306 e. The molecule has 27 heavy (non-hydrogen) atoms. The lowest BCUT2D eigenvalue weighted by Crippen LogP contribution is -2.28. The second kappa shape index (κ2) is 7.54. The van der Waals surface area contributed by atoms with E-state index in [4.69, 9.17) is 9.47 Å². The Morgan fingerprint density at radius 2 is 2.22 bits per heavy atom. The van der Waals surface area contributed by atoms with Gasteiger partial charge in [-0.2, -0.15) is 0 Å². The monoisotopic (exact) mass is 384 g/mol. The first-order valence-corrected chi connectivity index (χ1v) is 9.59. The van der Waals surface area contributed by atoms with Gasteiger partial charge in [-0.3, -0.25) is 9.69 Å². The molecule has 1 aromatic heterocycles. The SMILES string of the molecule is COC(=O)CCN1CCOc2c(O)cc(-c3nc4ccccc4s3)cc2C1. The Hall–Kier alpha value is -2.64. The van der Waals surface area contributed by atoms with Crippen LogP contribution in [0.25, 0.3) is 20.8 Å². The number of esters is 1. The highest BCUT2D eigenvalue weighted by Crippen LogP contribution is 2.39. The minimum Gasteiger partial charge on any atom is -0.504 e. The number of carbonyl (C=O) groups is 1. The van der Waals surface area contributed by atoms with Crippen molar-refractivity contribution in [2.75, 3.05) is 26.8 Å². The first-order valence-electron chi connectivity index (χ1n) is 8.78. The Kier molecular flexibility index (Phi) is 4.96. The van der Waals surface area contributed by atoms with Gasteiger partial charge in [-0.05, 0) is 24.3 Å². The van der Waals surface area contributed by atoms with Crippen molar-refractivity contribution in [3.8, 4) is 22.1 Å². The van der Waals surface area contributed by atoms with Crippen LogP contribution in [0.1, 0.15) is 12.0 Å². The van der Waals surface area contributed by atoms with Crippen molar-refractivity contribution in [1.82, 2.24) is 9.88 Å². The molecule has 0 fully saturated rings. The molecular weight excluding hydrogens is 364 g/mol. The minimum absolute atomic E-state index is 0.122. The first kappa shape index (κ1) is 17.8. The molecule has 0 spiro atoms. The lowest BCUT2D eigenvalue weighted by Gasteiger charge is -2.18. The summed E-state index contributed by atoms with van der Waals surface area (Å²) in [6, 6.07) is 11.7. The number of phenolic OH excluding ortho intramolecular Hbond substituents is 1. The van der Waals surface area contributed by atoms with Gasteiger partial charge >= 0.3 is 5.97 Å². The molecule has 6 nitrogen and oxygen atoms in total. The summed E-state index contributed by atoms with van der Waals surface area (Å²) in [6.07, 6.45) is 0.329. The summed E-state index contributed by atoms with van der Waals surface area (Å²) in [5.41, 5.74) is 2.71. The van der Waals surface area contributed by atoms with Gasteiger partial charge in [-0.25, -0.2) is 4.98 Å². The van der Waals surface area contributed by atoms with Crippen LogP contribution in [-0.2, 0) is 16.1 Å². The predicted molar refractivity (Wildman–Crippen MR) is 104 cm³/mol. The fourth-order valence-corrected chi connectivity index (χ4v) is 4.17. The van der Waals surface area contributed by atoms with E-state index in [2.05, 4.69) is 9.88 Å². The van der Waals surface area contributed by atoms with Gasteiger partial charge < -0.3 is 14.6 Å².